The Bertz CT molecular complexity index is 311. The molecule has 0 aromatic rings. The van der Waals surface area contributed by atoms with Crippen molar-refractivity contribution < 1.29 is 9.47 Å². The van der Waals surface area contributed by atoms with Crippen LogP contribution < -0.4 is 0 Å². The molecule has 0 spiro atoms. The van der Waals surface area contributed by atoms with E-state index in [0.717, 1.165) is 0 Å². The highest BCUT2D eigenvalue weighted by Crippen LogP contribution is 2.36. The molecule has 0 atom stereocenters. The summed E-state index contributed by atoms with van der Waals surface area (Å²) in [5.41, 5.74) is -3.72. The molecule has 19 heavy (non-hydrogen) atoms. The molecule has 0 radical (unpaired) electrons. The van der Waals surface area contributed by atoms with E-state index in [1.807, 2.05) is 0 Å². The summed E-state index contributed by atoms with van der Waals surface area (Å²) in [6.07, 6.45) is -0.777. The Kier molecular flexibility index (Phi) is 5.90. The fourth-order valence-corrected chi connectivity index (χ4v) is 1.62. The molecule has 0 amide bonds. The van der Waals surface area contributed by atoms with E-state index < -0.39 is 17.1 Å². The first-order chi connectivity index (χ1) is 8.78. The summed E-state index contributed by atoms with van der Waals surface area (Å²) in [5, 5.41) is 10.4. The number of hydrogen-bond acceptors (Lipinski definition) is 10. The number of nitroso groups, excluding NO2 is 4. The minimum atomic E-state index is -1.86. The quantitative estimate of drug-likeness (QED) is 0.443. The van der Waals surface area contributed by atoms with Crippen LogP contribution in [-0.2, 0) is 9.47 Å². The standard InChI is InChI=1S/C9H16N4O6/c1-7(10-14,11-15)5-9(18-3,19-4)6-8(2,12-16)13-17/h5-6H2,1-4H3. The van der Waals surface area contributed by atoms with Crippen LogP contribution in [0.5, 0.6) is 0 Å². The Labute approximate surface area is 109 Å². The Hall–Kier alpha value is -1.68. The predicted molar refractivity (Wildman–Crippen MR) is 66.0 cm³/mol. The molecule has 0 rings (SSSR count). The monoisotopic (exact) mass is 276 g/mol. The lowest BCUT2D eigenvalue weighted by atomic mass is 9.94. The van der Waals surface area contributed by atoms with Gasteiger partial charge in [-0.1, -0.05) is 0 Å². The molecule has 0 aliphatic carbocycles. The molecule has 108 valence electrons. The van der Waals surface area contributed by atoms with Crippen LogP contribution in [0.15, 0.2) is 20.7 Å². The average Bonchev–Trinajstić information content (AvgIpc) is 2.46. The number of nitrogens with zero attached hydrogens (tertiary/aromatic N) is 4. The van der Waals surface area contributed by atoms with Gasteiger partial charge in [0.25, 0.3) is 0 Å². The maximum atomic E-state index is 10.6. The zero-order valence-electron chi connectivity index (χ0n) is 11.2. The molecular formula is C9H16N4O6. The Morgan fingerprint density at radius 1 is 0.737 bits per heavy atom. The van der Waals surface area contributed by atoms with Gasteiger partial charge >= 0.3 is 0 Å². The maximum Gasteiger partial charge on any atom is 0.234 e. The molecule has 0 fully saturated rings. The van der Waals surface area contributed by atoms with E-state index in [0.29, 0.717) is 0 Å². The van der Waals surface area contributed by atoms with Crippen molar-refractivity contribution in [3.63, 3.8) is 0 Å². The number of hydrogen-bond donors (Lipinski definition) is 0. The first-order valence-electron chi connectivity index (χ1n) is 5.26. The van der Waals surface area contributed by atoms with Crippen LogP contribution in [0.25, 0.3) is 0 Å². The zero-order chi connectivity index (χ0) is 15.2. The van der Waals surface area contributed by atoms with Gasteiger partial charge in [0.2, 0.25) is 11.3 Å². The van der Waals surface area contributed by atoms with Crippen molar-refractivity contribution in [2.45, 2.75) is 43.8 Å². The summed E-state index contributed by atoms with van der Waals surface area (Å²) in [4.78, 5) is 42.6. The third-order valence-electron chi connectivity index (χ3n) is 2.74. The Balaban J connectivity index is 5.37. The topological polar surface area (TPSA) is 136 Å². The largest absolute Gasteiger partial charge is 0.353 e. The van der Waals surface area contributed by atoms with Crippen LogP contribution in [0.1, 0.15) is 26.7 Å². The molecule has 0 heterocycles. The molecule has 0 aromatic carbocycles. The van der Waals surface area contributed by atoms with Gasteiger partial charge in [0, 0.05) is 14.2 Å². The molecular weight excluding hydrogens is 260 g/mol. The number of rotatable bonds is 10. The summed E-state index contributed by atoms with van der Waals surface area (Å²) in [7, 11) is 2.44. The summed E-state index contributed by atoms with van der Waals surface area (Å²) >= 11 is 0. The maximum absolute atomic E-state index is 10.6. The van der Waals surface area contributed by atoms with Gasteiger partial charge in [-0.2, -0.15) is 0 Å². The van der Waals surface area contributed by atoms with Crippen molar-refractivity contribution in [2.24, 2.45) is 20.7 Å². The van der Waals surface area contributed by atoms with Gasteiger partial charge in [-0.25, -0.2) is 0 Å². The molecule has 0 aliphatic heterocycles. The highest BCUT2D eigenvalue weighted by atomic mass is 16.7. The van der Waals surface area contributed by atoms with Crippen molar-refractivity contribution in [3.05, 3.63) is 19.6 Å². The van der Waals surface area contributed by atoms with Crippen molar-refractivity contribution in [1.29, 1.82) is 0 Å². The minimum absolute atomic E-state index is 0.388. The molecule has 10 nitrogen and oxygen atoms in total. The highest BCUT2D eigenvalue weighted by Gasteiger charge is 2.48. The smallest absolute Gasteiger partial charge is 0.234 e. The van der Waals surface area contributed by atoms with Crippen LogP contribution >= 0.6 is 0 Å². The fraction of sp³-hybridized carbons (Fsp3) is 1.00. The van der Waals surface area contributed by atoms with Crippen molar-refractivity contribution in [2.75, 3.05) is 14.2 Å². The second-order valence-electron chi connectivity index (χ2n) is 4.47. The number of methoxy groups -OCH3 is 2. The third kappa shape index (κ3) is 4.17. The van der Waals surface area contributed by atoms with Crippen LogP contribution in [0.2, 0.25) is 0 Å². The van der Waals surface area contributed by atoms with E-state index in [1.54, 1.807) is 0 Å². The molecule has 0 unspecified atom stereocenters. The highest BCUT2D eigenvalue weighted by molar-refractivity contribution is 4.93. The summed E-state index contributed by atoms with van der Waals surface area (Å²) in [6, 6.07) is 0. The first kappa shape index (κ1) is 17.3. The summed E-state index contributed by atoms with van der Waals surface area (Å²) < 4.78 is 10.1. The normalized spacial score (nSPS) is 12.8. The second kappa shape index (κ2) is 6.48. The molecule has 0 saturated heterocycles. The van der Waals surface area contributed by atoms with Gasteiger partial charge in [0.05, 0.1) is 12.8 Å². The second-order valence-corrected chi connectivity index (χ2v) is 4.47. The number of ether oxygens (including phenoxy) is 2. The zero-order valence-corrected chi connectivity index (χ0v) is 11.2. The minimum Gasteiger partial charge on any atom is -0.353 e. The summed E-state index contributed by atoms with van der Waals surface area (Å²) in [5.74, 6) is -1.62. The first-order valence-corrected chi connectivity index (χ1v) is 5.26. The van der Waals surface area contributed by atoms with Crippen LogP contribution in [-0.4, -0.2) is 31.3 Å². The van der Waals surface area contributed by atoms with Crippen molar-refractivity contribution >= 4 is 0 Å². The van der Waals surface area contributed by atoms with E-state index in [-0.39, 0.29) is 12.8 Å². The fourth-order valence-electron chi connectivity index (χ4n) is 1.62. The summed E-state index contributed by atoms with van der Waals surface area (Å²) in [6.45, 7) is 2.33. The predicted octanol–water partition coefficient (Wildman–Crippen LogP) is 2.25. The van der Waals surface area contributed by atoms with Crippen LogP contribution in [0, 0.1) is 19.6 Å². The lowest BCUT2D eigenvalue weighted by Crippen LogP contribution is -2.45. The molecule has 0 bridgehead atoms. The van der Waals surface area contributed by atoms with Gasteiger partial charge in [-0.05, 0) is 34.6 Å². The van der Waals surface area contributed by atoms with Gasteiger partial charge < -0.3 is 9.47 Å². The van der Waals surface area contributed by atoms with Crippen LogP contribution in [0.4, 0.5) is 0 Å². The lowest BCUT2D eigenvalue weighted by Gasteiger charge is -2.35. The molecule has 10 heteroatoms. The molecule has 0 aliphatic rings. The Morgan fingerprint density at radius 2 is 1.00 bits per heavy atom. The van der Waals surface area contributed by atoms with Gasteiger partial charge in [-0.15, -0.1) is 19.6 Å². The van der Waals surface area contributed by atoms with Gasteiger partial charge in [-0.3, -0.25) is 0 Å². The van der Waals surface area contributed by atoms with Crippen molar-refractivity contribution in [3.8, 4) is 0 Å². The SMILES string of the molecule is COC(CC(C)(N=O)N=O)(CC(C)(N=O)N=O)OC. The molecule has 0 N–H and O–H groups in total. The van der Waals surface area contributed by atoms with E-state index >= 15 is 0 Å². The third-order valence-corrected chi connectivity index (χ3v) is 2.74. The van der Waals surface area contributed by atoms with Crippen molar-refractivity contribution in [1.82, 2.24) is 0 Å². The van der Waals surface area contributed by atoms with Gasteiger partial charge in [0.1, 0.15) is 0 Å². The average molecular weight is 276 g/mol. The van der Waals surface area contributed by atoms with E-state index in [1.165, 1.54) is 28.1 Å². The Morgan fingerprint density at radius 3 is 1.16 bits per heavy atom. The lowest BCUT2D eigenvalue weighted by molar-refractivity contribution is -0.228. The van der Waals surface area contributed by atoms with E-state index in [2.05, 4.69) is 20.7 Å². The van der Waals surface area contributed by atoms with Crippen LogP contribution in [0.3, 0.4) is 0 Å². The molecule has 0 aromatic heterocycles. The van der Waals surface area contributed by atoms with Gasteiger partial charge in [0.15, 0.2) is 5.79 Å². The molecule has 0 saturated carbocycles. The van der Waals surface area contributed by atoms with E-state index in [9.17, 15) is 19.6 Å². The van der Waals surface area contributed by atoms with E-state index in [4.69, 9.17) is 9.47 Å².